The molecule has 1 atom stereocenters. The van der Waals surface area contributed by atoms with Crippen LogP contribution in [0.4, 0.5) is 5.82 Å². The molecule has 0 aliphatic carbocycles. The highest BCUT2D eigenvalue weighted by molar-refractivity contribution is 5.85. The lowest BCUT2D eigenvalue weighted by atomic mass is 10.1. The topological polar surface area (TPSA) is 54.2 Å². The zero-order valence-electron chi connectivity index (χ0n) is 12.6. The number of hydrogen-bond acceptors (Lipinski definition) is 4. The molecule has 0 radical (unpaired) electrons. The number of anilines is 1. The van der Waals surface area contributed by atoms with Crippen molar-refractivity contribution in [2.75, 3.05) is 18.4 Å². The minimum absolute atomic E-state index is 0. The first-order chi connectivity index (χ1) is 9.15. The Morgan fingerprint density at radius 2 is 2.05 bits per heavy atom. The Hall–Kier alpha value is -1.04. The third-order valence-corrected chi connectivity index (χ3v) is 3.83. The van der Waals surface area contributed by atoms with Gasteiger partial charge in [0.05, 0.1) is 5.69 Å². The Kier molecular flexibility index (Phi) is 6.25. The molecule has 118 valence electrons. The van der Waals surface area contributed by atoms with Crippen LogP contribution in [-0.4, -0.2) is 33.7 Å². The quantitative estimate of drug-likeness (QED) is 0.888. The fourth-order valence-electron chi connectivity index (χ4n) is 2.64. The van der Waals surface area contributed by atoms with Gasteiger partial charge < -0.3 is 10.6 Å². The van der Waals surface area contributed by atoms with Crippen LogP contribution in [0.5, 0.6) is 0 Å². The van der Waals surface area contributed by atoms with Gasteiger partial charge in [0.15, 0.2) is 5.65 Å². The summed E-state index contributed by atoms with van der Waals surface area (Å²) in [5.41, 5.74) is 4.20. The molecule has 3 heterocycles. The highest BCUT2D eigenvalue weighted by atomic mass is 35.5. The number of nitrogens with one attached hydrogen (secondary N) is 2. The monoisotopic (exact) mass is 331 g/mol. The lowest BCUT2D eigenvalue weighted by molar-refractivity contribution is 0.478. The van der Waals surface area contributed by atoms with Gasteiger partial charge >= 0.3 is 0 Å². The molecule has 0 spiro atoms. The lowest BCUT2D eigenvalue weighted by Crippen LogP contribution is -2.38. The van der Waals surface area contributed by atoms with E-state index in [0.717, 1.165) is 41.5 Å². The van der Waals surface area contributed by atoms with Crippen molar-refractivity contribution in [2.24, 2.45) is 0 Å². The van der Waals surface area contributed by atoms with Crippen LogP contribution in [0.3, 0.4) is 0 Å². The molecule has 2 aromatic heterocycles. The molecule has 7 heteroatoms. The zero-order valence-corrected chi connectivity index (χ0v) is 14.3. The molecule has 2 N–H and O–H groups in total. The molecule has 1 aliphatic heterocycles. The molecule has 21 heavy (non-hydrogen) atoms. The van der Waals surface area contributed by atoms with Gasteiger partial charge in [-0.15, -0.1) is 24.8 Å². The number of aryl methyl sites for hydroxylation is 3. The van der Waals surface area contributed by atoms with Crippen LogP contribution in [0.1, 0.15) is 29.8 Å². The number of piperidine rings is 1. The second-order valence-electron chi connectivity index (χ2n) is 5.42. The fourth-order valence-corrected chi connectivity index (χ4v) is 2.64. The van der Waals surface area contributed by atoms with Gasteiger partial charge in [0, 0.05) is 29.9 Å². The summed E-state index contributed by atoms with van der Waals surface area (Å²) in [5, 5.41) is 11.6. The summed E-state index contributed by atoms with van der Waals surface area (Å²) in [6.07, 6.45) is 2.43. The van der Waals surface area contributed by atoms with Crippen LogP contribution in [-0.2, 0) is 0 Å². The summed E-state index contributed by atoms with van der Waals surface area (Å²) >= 11 is 0. The molecule has 1 aliphatic rings. The highest BCUT2D eigenvalue weighted by Crippen LogP contribution is 2.19. The summed E-state index contributed by atoms with van der Waals surface area (Å²) in [5.74, 6) is 1.05. The van der Waals surface area contributed by atoms with E-state index in [2.05, 4.69) is 33.7 Å². The van der Waals surface area contributed by atoms with Crippen LogP contribution >= 0.6 is 24.8 Å². The first-order valence-corrected chi connectivity index (χ1v) is 6.96. The smallest absolute Gasteiger partial charge is 0.160 e. The summed E-state index contributed by atoms with van der Waals surface area (Å²) < 4.78 is 1.94. The van der Waals surface area contributed by atoms with Crippen molar-refractivity contribution in [2.45, 2.75) is 39.7 Å². The molecule has 0 bridgehead atoms. The van der Waals surface area contributed by atoms with Crippen LogP contribution < -0.4 is 10.6 Å². The maximum absolute atomic E-state index is 4.59. The predicted octanol–water partition coefficient (Wildman–Crippen LogP) is 2.66. The molecule has 3 rings (SSSR count). The maximum atomic E-state index is 4.59. The van der Waals surface area contributed by atoms with Crippen LogP contribution in [0.25, 0.3) is 5.65 Å². The molecule has 0 saturated carbocycles. The van der Waals surface area contributed by atoms with E-state index in [4.69, 9.17) is 0 Å². The van der Waals surface area contributed by atoms with Gasteiger partial charge in [-0.1, -0.05) is 0 Å². The van der Waals surface area contributed by atoms with Gasteiger partial charge in [-0.2, -0.15) is 9.61 Å². The highest BCUT2D eigenvalue weighted by Gasteiger charge is 2.16. The van der Waals surface area contributed by atoms with Crippen LogP contribution in [0.15, 0.2) is 6.07 Å². The van der Waals surface area contributed by atoms with Crippen LogP contribution in [0, 0.1) is 20.8 Å². The number of fused-ring (bicyclic) bond motifs is 1. The molecule has 0 unspecified atom stereocenters. The van der Waals surface area contributed by atoms with Crippen molar-refractivity contribution in [1.29, 1.82) is 0 Å². The number of aromatic nitrogens is 3. The Balaban J connectivity index is 0.00000110. The molecule has 2 aromatic rings. The SMILES string of the molecule is Cc1cc(N[C@H]2CCCNC2)n2nc(C)c(C)c2n1.Cl.Cl. The molecule has 5 nitrogen and oxygen atoms in total. The van der Waals surface area contributed by atoms with Crippen molar-refractivity contribution >= 4 is 36.3 Å². The second-order valence-corrected chi connectivity index (χ2v) is 5.42. The molecular weight excluding hydrogens is 309 g/mol. The van der Waals surface area contributed by atoms with E-state index < -0.39 is 0 Å². The normalized spacial score (nSPS) is 18.0. The molecule has 1 saturated heterocycles. The maximum Gasteiger partial charge on any atom is 0.160 e. The summed E-state index contributed by atoms with van der Waals surface area (Å²) in [4.78, 5) is 4.59. The molecule has 0 amide bonds. The van der Waals surface area contributed by atoms with Gasteiger partial charge in [-0.3, -0.25) is 0 Å². The Labute approximate surface area is 137 Å². The van der Waals surface area contributed by atoms with E-state index in [-0.39, 0.29) is 24.8 Å². The Morgan fingerprint density at radius 3 is 2.71 bits per heavy atom. The first kappa shape index (κ1) is 18.0. The molecular formula is C14H23Cl2N5. The fraction of sp³-hybridized carbons (Fsp3) is 0.571. The Morgan fingerprint density at radius 1 is 1.29 bits per heavy atom. The van der Waals surface area contributed by atoms with Crippen molar-refractivity contribution in [1.82, 2.24) is 19.9 Å². The van der Waals surface area contributed by atoms with Crippen molar-refractivity contribution in [3.63, 3.8) is 0 Å². The van der Waals surface area contributed by atoms with E-state index in [1.807, 2.05) is 18.4 Å². The Bertz CT molecular complexity index is 605. The summed E-state index contributed by atoms with van der Waals surface area (Å²) in [7, 11) is 0. The zero-order chi connectivity index (χ0) is 13.4. The van der Waals surface area contributed by atoms with E-state index in [0.29, 0.717) is 6.04 Å². The first-order valence-electron chi connectivity index (χ1n) is 6.96. The summed E-state index contributed by atoms with van der Waals surface area (Å²) in [6.45, 7) is 8.29. The average molecular weight is 332 g/mol. The van der Waals surface area contributed by atoms with Gasteiger partial charge in [-0.05, 0) is 40.2 Å². The minimum atomic E-state index is 0. The average Bonchev–Trinajstić information content (AvgIpc) is 2.68. The third-order valence-electron chi connectivity index (χ3n) is 3.83. The van der Waals surface area contributed by atoms with Crippen LogP contribution in [0.2, 0.25) is 0 Å². The summed E-state index contributed by atoms with van der Waals surface area (Å²) in [6, 6.07) is 2.55. The second kappa shape index (κ2) is 7.29. The van der Waals surface area contributed by atoms with Crippen molar-refractivity contribution in [3.8, 4) is 0 Å². The van der Waals surface area contributed by atoms with Gasteiger partial charge in [0.2, 0.25) is 0 Å². The standard InChI is InChI=1S/C14H21N5.2ClH/c1-9-7-13(17-12-5-4-6-15-8-12)19-14(16-9)10(2)11(3)18-19;;/h7,12,15,17H,4-6,8H2,1-3H3;2*1H/t12-;;/m0../s1. The minimum Gasteiger partial charge on any atom is -0.366 e. The lowest BCUT2D eigenvalue weighted by Gasteiger charge is -2.25. The number of hydrogen-bond donors (Lipinski definition) is 2. The largest absolute Gasteiger partial charge is 0.366 e. The molecule has 0 aromatic carbocycles. The van der Waals surface area contributed by atoms with E-state index in [1.165, 1.54) is 12.8 Å². The van der Waals surface area contributed by atoms with Gasteiger partial charge in [0.1, 0.15) is 5.82 Å². The number of nitrogens with zero attached hydrogens (tertiary/aromatic N) is 3. The predicted molar refractivity (Wildman–Crippen MR) is 91.2 cm³/mol. The third kappa shape index (κ3) is 3.59. The van der Waals surface area contributed by atoms with Crippen molar-refractivity contribution < 1.29 is 0 Å². The van der Waals surface area contributed by atoms with E-state index >= 15 is 0 Å². The number of rotatable bonds is 2. The van der Waals surface area contributed by atoms with Gasteiger partial charge in [0.25, 0.3) is 0 Å². The molecule has 1 fully saturated rings. The van der Waals surface area contributed by atoms with Gasteiger partial charge in [-0.25, -0.2) is 4.98 Å². The number of halogens is 2. The van der Waals surface area contributed by atoms with Crippen molar-refractivity contribution in [3.05, 3.63) is 23.0 Å². The van der Waals surface area contributed by atoms with E-state index in [1.54, 1.807) is 0 Å². The van der Waals surface area contributed by atoms with E-state index in [9.17, 15) is 0 Å².